The summed E-state index contributed by atoms with van der Waals surface area (Å²) in [4.78, 5) is 20.0. The molecule has 2 unspecified atom stereocenters. The normalized spacial score (nSPS) is 20.3. The van der Waals surface area contributed by atoms with Crippen LogP contribution in [0, 0.1) is 6.92 Å². The van der Waals surface area contributed by atoms with Crippen molar-refractivity contribution >= 4 is 5.91 Å². The van der Waals surface area contributed by atoms with Gasteiger partial charge in [-0.05, 0) is 6.42 Å². The van der Waals surface area contributed by atoms with E-state index in [1.807, 2.05) is 0 Å². The van der Waals surface area contributed by atoms with Gasteiger partial charge in [0, 0.05) is 46.6 Å². The number of likely N-dealkylation sites (tertiary alicyclic amines) is 1. The van der Waals surface area contributed by atoms with Gasteiger partial charge in [0.25, 0.3) is 0 Å². The molecule has 2 atom stereocenters. The monoisotopic (exact) mass is 312 g/mol. The van der Waals surface area contributed by atoms with Gasteiger partial charge in [0.2, 0.25) is 11.8 Å². The number of hydrogen-bond acceptors (Lipinski definition) is 7. The third-order valence-corrected chi connectivity index (χ3v) is 3.80. The van der Waals surface area contributed by atoms with Crippen molar-refractivity contribution in [3.63, 3.8) is 0 Å². The first-order chi connectivity index (χ1) is 10.5. The molecule has 1 aliphatic rings. The summed E-state index contributed by atoms with van der Waals surface area (Å²) in [5, 5.41) is 13.7. The molecule has 8 heteroatoms. The minimum atomic E-state index is -0.505. The van der Waals surface area contributed by atoms with E-state index >= 15 is 0 Å². The molecule has 0 bridgehead atoms. The van der Waals surface area contributed by atoms with Crippen LogP contribution < -0.4 is 0 Å². The molecule has 2 rings (SSSR count). The van der Waals surface area contributed by atoms with Crippen molar-refractivity contribution in [3.05, 3.63) is 11.7 Å². The molecule has 1 saturated heterocycles. The second kappa shape index (κ2) is 7.66. The quantitative estimate of drug-likeness (QED) is 0.746. The predicted molar refractivity (Wildman–Crippen MR) is 78.0 cm³/mol. The summed E-state index contributed by atoms with van der Waals surface area (Å²) in [7, 11) is 1.57. The van der Waals surface area contributed by atoms with Crippen molar-refractivity contribution in [2.45, 2.75) is 39.0 Å². The zero-order valence-electron chi connectivity index (χ0n) is 13.4. The number of nitrogens with zero attached hydrogens (tertiary/aromatic N) is 4. The number of hydrogen-bond donors (Lipinski definition) is 1. The van der Waals surface area contributed by atoms with Crippen molar-refractivity contribution in [1.29, 1.82) is 0 Å². The number of β-amino-alcohol motifs (C(OH)–C–C–N with tert-alkyl or cyclic N) is 1. The van der Waals surface area contributed by atoms with Gasteiger partial charge in [0.05, 0.1) is 19.3 Å². The highest BCUT2D eigenvalue weighted by atomic mass is 16.5. The molecule has 1 aromatic heterocycles. The third kappa shape index (κ3) is 4.49. The lowest BCUT2D eigenvalue weighted by molar-refractivity contribution is -0.131. The van der Waals surface area contributed by atoms with Gasteiger partial charge in [-0.1, -0.05) is 5.16 Å². The lowest BCUT2D eigenvalue weighted by atomic mass is 10.2. The highest BCUT2D eigenvalue weighted by molar-refractivity contribution is 5.73. The molecule has 1 aromatic rings. The fraction of sp³-hybridized carbons (Fsp3) is 0.786. The van der Waals surface area contributed by atoms with E-state index in [1.54, 1.807) is 25.9 Å². The number of rotatable bonds is 7. The van der Waals surface area contributed by atoms with Gasteiger partial charge in [-0.15, -0.1) is 0 Å². The minimum Gasteiger partial charge on any atom is -0.389 e. The summed E-state index contributed by atoms with van der Waals surface area (Å²) in [6.07, 6.45) is 0.366. The van der Waals surface area contributed by atoms with Crippen LogP contribution in [0.3, 0.4) is 0 Å². The summed E-state index contributed by atoms with van der Waals surface area (Å²) in [6.45, 7) is 6.08. The molecule has 0 aliphatic carbocycles. The maximum Gasteiger partial charge on any atom is 0.223 e. The van der Waals surface area contributed by atoms with Crippen LogP contribution in [0.15, 0.2) is 4.52 Å². The van der Waals surface area contributed by atoms with E-state index in [1.165, 1.54) is 0 Å². The van der Waals surface area contributed by atoms with Crippen LogP contribution >= 0.6 is 0 Å². The number of aliphatic hydroxyl groups excluding tert-OH is 1. The fourth-order valence-electron chi connectivity index (χ4n) is 2.83. The van der Waals surface area contributed by atoms with Crippen molar-refractivity contribution in [3.8, 4) is 0 Å². The van der Waals surface area contributed by atoms with Crippen LogP contribution in [0.25, 0.3) is 0 Å². The van der Waals surface area contributed by atoms with Crippen LogP contribution in [0.2, 0.25) is 0 Å². The average Bonchev–Trinajstić information content (AvgIpc) is 3.05. The Morgan fingerprint density at radius 3 is 3.00 bits per heavy atom. The lowest BCUT2D eigenvalue weighted by Gasteiger charge is -2.27. The average molecular weight is 312 g/mol. The summed E-state index contributed by atoms with van der Waals surface area (Å²) in [6, 6.07) is 0.103. The minimum absolute atomic E-state index is 0.00765. The predicted octanol–water partition coefficient (Wildman–Crippen LogP) is -0.192. The Balaban J connectivity index is 1.91. The highest BCUT2D eigenvalue weighted by Gasteiger charge is 2.30. The first-order valence-electron chi connectivity index (χ1n) is 7.45. The molecule has 1 aliphatic heterocycles. The van der Waals surface area contributed by atoms with Crippen LogP contribution in [0.1, 0.15) is 25.1 Å². The Morgan fingerprint density at radius 1 is 1.64 bits per heavy atom. The lowest BCUT2D eigenvalue weighted by Crippen LogP contribution is -2.41. The van der Waals surface area contributed by atoms with Gasteiger partial charge in [0.1, 0.15) is 0 Å². The van der Waals surface area contributed by atoms with E-state index in [0.717, 1.165) is 19.5 Å². The Kier molecular flexibility index (Phi) is 5.87. The number of methoxy groups -OCH3 is 1. The summed E-state index contributed by atoms with van der Waals surface area (Å²) in [5.41, 5.74) is 0. The van der Waals surface area contributed by atoms with Crippen molar-refractivity contribution < 1.29 is 19.2 Å². The van der Waals surface area contributed by atoms with Crippen LogP contribution in [0.5, 0.6) is 0 Å². The number of amides is 1. The molecule has 8 nitrogen and oxygen atoms in total. The van der Waals surface area contributed by atoms with E-state index in [9.17, 15) is 9.90 Å². The Bertz CT molecular complexity index is 493. The zero-order valence-corrected chi connectivity index (χ0v) is 13.4. The molecule has 0 saturated carbocycles. The molecule has 124 valence electrons. The Labute approximate surface area is 130 Å². The van der Waals surface area contributed by atoms with Gasteiger partial charge in [-0.3, -0.25) is 9.69 Å². The highest BCUT2D eigenvalue weighted by Crippen LogP contribution is 2.18. The molecule has 22 heavy (non-hydrogen) atoms. The molecule has 0 radical (unpaired) electrons. The van der Waals surface area contributed by atoms with Gasteiger partial charge < -0.3 is 19.3 Å². The third-order valence-electron chi connectivity index (χ3n) is 3.80. The van der Waals surface area contributed by atoms with Gasteiger partial charge in [-0.2, -0.15) is 4.98 Å². The molecule has 2 heterocycles. The summed E-state index contributed by atoms with van der Waals surface area (Å²) in [5.74, 6) is 1.01. The topological polar surface area (TPSA) is 91.9 Å². The number of carbonyl (C=O) groups is 1. The van der Waals surface area contributed by atoms with Crippen molar-refractivity contribution in [1.82, 2.24) is 19.9 Å². The number of aromatic nitrogens is 2. The van der Waals surface area contributed by atoms with Crippen molar-refractivity contribution in [2.24, 2.45) is 0 Å². The van der Waals surface area contributed by atoms with E-state index in [0.29, 0.717) is 31.4 Å². The molecular formula is C14H24N4O4. The standard InChI is InChI=1S/C14H24N4O4/c1-10-15-14(16-22-10)8-18(11(2)19)12-4-5-17(6-12)7-13(20)9-21-3/h12-13,20H,4-9H2,1-3H3. The molecule has 0 aromatic carbocycles. The number of aliphatic hydroxyl groups is 1. The van der Waals surface area contributed by atoms with E-state index < -0.39 is 6.10 Å². The van der Waals surface area contributed by atoms with Crippen LogP contribution in [0.4, 0.5) is 0 Å². The summed E-state index contributed by atoms with van der Waals surface area (Å²) >= 11 is 0. The van der Waals surface area contributed by atoms with E-state index in [2.05, 4.69) is 15.0 Å². The smallest absolute Gasteiger partial charge is 0.223 e. The molecule has 1 N–H and O–H groups in total. The van der Waals surface area contributed by atoms with Crippen molar-refractivity contribution in [2.75, 3.05) is 33.4 Å². The van der Waals surface area contributed by atoms with Crippen LogP contribution in [-0.2, 0) is 16.1 Å². The first-order valence-corrected chi connectivity index (χ1v) is 7.45. The molecule has 1 amide bonds. The number of ether oxygens (including phenoxy) is 1. The fourth-order valence-corrected chi connectivity index (χ4v) is 2.83. The van der Waals surface area contributed by atoms with E-state index in [4.69, 9.17) is 9.26 Å². The molecule has 0 spiro atoms. The molecular weight excluding hydrogens is 288 g/mol. The maximum absolute atomic E-state index is 11.9. The second-order valence-corrected chi connectivity index (χ2v) is 5.69. The molecule has 1 fully saturated rings. The Morgan fingerprint density at radius 2 is 2.41 bits per heavy atom. The number of aryl methyl sites for hydroxylation is 1. The largest absolute Gasteiger partial charge is 0.389 e. The van der Waals surface area contributed by atoms with Gasteiger partial charge >= 0.3 is 0 Å². The SMILES string of the molecule is COCC(O)CN1CCC(N(Cc2noc(C)n2)C(C)=O)C1. The van der Waals surface area contributed by atoms with Gasteiger partial charge in [0.15, 0.2) is 5.82 Å². The maximum atomic E-state index is 11.9. The second-order valence-electron chi connectivity index (χ2n) is 5.69. The first kappa shape index (κ1) is 16.9. The summed E-state index contributed by atoms with van der Waals surface area (Å²) < 4.78 is 9.89. The van der Waals surface area contributed by atoms with Crippen LogP contribution in [-0.4, -0.2) is 76.5 Å². The van der Waals surface area contributed by atoms with Gasteiger partial charge in [-0.25, -0.2) is 0 Å². The Hall–Kier alpha value is -1.51. The van der Waals surface area contributed by atoms with E-state index in [-0.39, 0.29) is 11.9 Å². The number of carbonyl (C=O) groups excluding carboxylic acids is 1. The zero-order chi connectivity index (χ0) is 16.1.